The van der Waals surface area contributed by atoms with E-state index in [0.29, 0.717) is 5.84 Å². The monoisotopic (exact) mass is 211 g/mol. The molecule has 0 aromatic carbocycles. The molecule has 0 bridgehead atoms. The lowest BCUT2D eigenvalue weighted by Gasteiger charge is -2.28. The van der Waals surface area contributed by atoms with E-state index in [9.17, 15) is 0 Å². The van der Waals surface area contributed by atoms with Crippen molar-refractivity contribution in [2.45, 2.75) is 57.9 Å². The summed E-state index contributed by atoms with van der Waals surface area (Å²) < 4.78 is 0. The normalized spacial score (nSPS) is 23.7. The van der Waals surface area contributed by atoms with Crippen molar-refractivity contribution in [3.8, 4) is 0 Å². The van der Waals surface area contributed by atoms with Crippen molar-refractivity contribution in [1.29, 1.82) is 5.41 Å². The van der Waals surface area contributed by atoms with E-state index in [2.05, 4.69) is 11.8 Å². The molecule has 3 heteroatoms. The van der Waals surface area contributed by atoms with E-state index >= 15 is 0 Å². The summed E-state index contributed by atoms with van der Waals surface area (Å²) in [6.45, 7) is 4.66. The topological polar surface area (TPSA) is 53.1 Å². The Morgan fingerprint density at radius 2 is 2.20 bits per heavy atom. The van der Waals surface area contributed by atoms with Crippen LogP contribution in [0.25, 0.3) is 0 Å². The van der Waals surface area contributed by atoms with Crippen LogP contribution in [0.3, 0.4) is 0 Å². The molecule has 1 rings (SSSR count). The molecule has 0 saturated carbocycles. The van der Waals surface area contributed by atoms with E-state index in [0.717, 1.165) is 25.4 Å². The van der Waals surface area contributed by atoms with Crippen LogP contribution in [-0.4, -0.2) is 29.9 Å². The average molecular weight is 211 g/mol. The Kier molecular flexibility index (Phi) is 5.69. The summed E-state index contributed by atoms with van der Waals surface area (Å²) in [5.74, 6) is 0.331. The molecular weight excluding hydrogens is 186 g/mol. The van der Waals surface area contributed by atoms with Crippen LogP contribution in [0.15, 0.2) is 0 Å². The minimum Gasteiger partial charge on any atom is -0.388 e. The predicted molar refractivity (Wildman–Crippen MR) is 65.3 cm³/mol. The quantitative estimate of drug-likeness (QED) is 0.542. The first-order valence-corrected chi connectivity index (χ1v) is 6.31. The van der Waals surface area contributed by atoms with Crippen molar-refractivity contribution in [1.82, 2.24) is 4.90 Å². The highest BCUT2D eigenvalue weighted by atomic mass is 15.1. The number of hydrogen-bond donors (Lipinski definition) is 2. The van der Waals surface area contributed by atoms with Gasteiger partial charge in [-0.25, -0.2) is 0 Å². The van der Waals surface area contributed by atoms with Gasteiger partial charge in [0.2, 0.25) is 0 Å². The Balaban J connectivity index is 2.31. The number of nitrogens with zero attached hydrogens (tertiary/aromatic N) is 1. The third kappa shape index (κ3) is 4.65. The Labute approximate surface area is 93.5 Å². The van der Waals surface area contributed by atoms with Gasteiger partial charge in [-0.15, -0.1) is 0 Å². The summed E-state index contributed by atoms with van der Waals surface area (Å²) in [4.78, 5) is 2.61. The minimum atomic E-state index is 0.331. The number of likely N-dealkylation sites (tertiary alicyclic amines) is 1. The maximum absolute atomic E-state index is 7.21. The number of hydrogen-bond acceptors (Lipinski definition) is 2. The lowest BCUT2D eigenvalue weighted by atomic mass is 10.1. The fraction of sp³-hybridized carbons (Fsp3) is 0.917. The second-order valence-electron chi connectivity index (χ2n) is 4.58. The van der Waals surface area contributed by atoms with Crippen LogP contribution in [0.2, 0.25) is 0 Å². The lowest BCUT2D eigenvalue weighted by Crippen LogP contribution is -2.35. The number of nitrogens with one attached hydrogen (secondary N) is 1. The molecule has 1 fully saturated rings. The van der Waals surface area contributed by atoms with Crippen molar-refractivity contribution in [3.63, 3.8) is 0 Å². The fourth-order valence-corrected chi connectivity index (χ4v) is 2.47. The second kappa shape index (κ2) is 6.83. The SMILES string of the molecule is CCC1CCCCCN1CCCC(=N)N. The molecule has 1 aliphatic rings. The standard InChI is InChI=1S/C12H25N3/c1-2-11-7-4-3-5-9-15(11)10-6-8-12(13)14/h11H,2-10H2,1H3,(H3,13,14). The van der Waals surface area contributed by atoms with Gasteiger partial charge in [0, 0.05) is 12.5 Å². The third-order valence-electron chi connectivity index (χ3n) is 3.36. The molecule has 3 N–H and O–H groups in total. The van der Waals surface area contributed by atoms with E-state index in [4.69, 9.17) is 11.1 Å². The van der Waals surface area contributed by atoms with Crippen LogP contribution in [0.5, 0.6) is 0 Å². The highest BCUT2D eigenvalue weighted by Crippen LogP contribution is 2.19. The van der Waals surface area contributed by atoms with Crippen molar-refractivity contribution >= 4 is 5.84 Å². The summed E-state index contributed by atoms with van der Waals surface area (Å²) in [6.07, 6.45) is 8.55. The first-order chi connectivity index (χ1) is 7.24. The van der Waals surface area contributed by atoms with Crippen molar-refractivity contribution in [3.05, 3.63) is 0 Å². The van der Waals surface area contributed by atoms with Gasteiger partial charge in [-0.2, -0.15) is 0 Å². The molecule has 88 valence electrons. The molecule has 1 saturated heterocycles. The fourth-order valence-electron chi connectivity index (χ4n) is 2.47. The summed E-state index contributed by atoms with van der Waals surface area (Å²) in [7, 11) is 0. The van der Waals surface area contributed by atoms with Gasteiger partial charge < -0.3 is 10.6 Å². The zero-order valence-electron chi connectivity index (χ0n) is 9.97. The molecule has 0 amide bonds. The highest BCUT2D eigenvalue weighted by molar-refractivity contribution is 5.76. The molecule has 15 heavy (non-hydrogen) atoms. The maximum atomic E-state index is 7.21. The first-order valence-electron chi connectivity index (χ1n) is 6.31. The summed E-state index contributed by atoms with van der Waals surface area (Å²) in [6, 6.07) is 0.777. The predicted octanol–water partition coefficient (Wildman–Crippen LogP) is 2.36. The Morgan fingerprint density at radius 3 is 2.87 bits per heavy atom. The molecule has 1 aliphatic heterocycles. The molecular formula is C12H25N3. The van der Waals surface area contributed by atoms with E-state index in [1.807, 2.05) is 0 Å². The van der Waals surface area contributed by atoms with Crippen LogP contribution in [0, 0.1) is 5.41 Å². The van der Waals surface area contributed by atoms with Crippen LogP contribution >= 0.6 is 0 Å². The van der Waals surface area contributed by atoms with Gasteiger partial charge in [0.05, 0.1) is 5.84 Å². The van der Waals surface area contributed by atoms with Gasteiger partial charge in [-0.3, -0.25) is 5.41 Å². The molecule has 0 spiro atoms. The Hall–Kier alpha value is -0.570. The zero-order chi connectivity index (χ0) is 11.1. The molecule has 1 unspecified atom stereocenters. The van der Waals surface area contributed by atoms with Crippen LogP contribution in [-0.2, 0) is 0 Å². The molecule has 1 heterocycles. The number of amidine groups is 1. The zero-order valence-corrected chi connectivity index (χ0v) is 9.97. The van der Waals surface area contributed by atoms with E-state index in [1.54, 1.807) is 0 Å². The van der Waals surface area contributed by atoms with E-state index in [-0.39, 0.29) is 0 Å². The lowest BCUT2D eigenvalue weighted by molar-refractivity contribution is 0.193. The molecule has 0 aliphatic carbocycles. The number of nitrogens with two attached hydrogens (primary N) is 1. The second-order valence-corrected chi connectivity index (χ2v) is 4.58. The van der Waals surface area contributed by atoms with Gasteiger partial charge in [-0.1, -0.05) is 19.8 Å². The maximum Gasteiger partial charge on any atom is 0.0905 e. The van der Waals surface area contributed by atoms with Gasteiger partial charge in [-0.05, 0) is 38.8 Å². The molecule has 1 atom stereocenters. The van der Waals surface area contributed by atoms with Crippen molar-refractivity contribution < 1.29 is 0 Å². The Morgan fingerprint density at radius 1 is 1.40 bits per heavy atom. The van der Waals surface area contributed by atoms with Gasteiger partial charge in [0.25, 0.3) is 0 Å². The third-order valence-corrected chi connectivity index (χ3v) is 3.36. The van der Waals surface area contributed by atoms with Crippen molar-refractivity contribution in [2.24, 2.45) is 5.73 Å². The minimum absolute atomic E-state index is 0.331. The van der Waals surface area contributed by atoms with Gasteiger partial charge in [0.15, 0.2) is 0 Å². The van der Waals surface area contributed by atoms with Gasteiger partial charge >= 0.3 is 0 Å². The molecule has 3 nitrogen and oxygen atoms in total. The van der Waals surface area contributed by atoms with Gasteiger partial charge in [0.1, 0.15) is 0 Å². The summed E-state index contributed by atoms with van der Waals surface area (Å²) >= 11 is 0. The Bertz CT molecular complexity index is 191. The van der Waals surface area contributed by atoms with Crippen LogP contribution in [0.4, 0.5) is 0 Å². The molecule has 0 aromatic rings. The van der Waals surface area contributed by atoms with E-state index in [1.165, 1.54) is 38.6 Å². The smallest absolute Gasteiger partial charge is 0.0905 e. The number of rotatable bonds is 5. The summed E-state index contributed by atoms with van der Waals surface area (Å²) in [5.41, 5.74) is 5.37. The van der Waals surface area contributed by atoms with Crippen LogP contribution < -0.4 is 5.73 Å². The van der Waals surface area contributed by atoms with E-state index < -0.39 is 0 Å². The van der Waals surface area contributed by atoms with Crippen molar-refractivity contribution in [2.75, 3.05) is 13.1 Å². The first kappa shape index (κ1) is 12.5. The average Bonchev–Trinajstić information content (AvgIpc) is 2.42. The molecule has 0 radical (unpaired) electrons. The highest BCUT2D eigenvalue weighted by Gasteiger charge is 2.18. The molecule has 0 aromatic heterocycles. The summed E-state index contributed by atoms with van der Waals surface area (Å²) in [5, 5.41) is 7.21. The largest absolute Gasteiger partial charge is 0.388 e. The van der Waals surface area contributed by atoms with Crippen LogP contribution in [0.1, 0.15) is 51.9 Å².